The molecule has 0 N–H and O–H groups in total. The Bertz CT molecular complexity index is 943. The van der Waals surface area contributed by atoms with Crippen molar-refractivity contribution in [2.24, 2.45) is 5.92 Å². The molecule has 0 unspecified atom stereocenters. The van der Waals surface area contributed by atoms with E-state index in [0.717, 1.165) is 10.8 Å². The van der Waals surface area contributed by atoms with Crippen molar-refractivity contribution in [3.8, 4) is 0 Å². The maximum absolute atomic E-state index is 13.2. The van der Waals surface area contributed by atoms with Crippen molar-refractivity contribution >= 4 is 22.6 Å². The Morgan fingerprint density at radius 2 is 2.07 bits per heavy atom. The van der Waals surface area contributed by atoms with Gasteiger partial charge in [-0.05, 0) is 17.4 Å². The van der Waals surface area contributed by atoms with Gasteiger partial charge in [-0.15, -0.1) is 0 Å². The van der Waals surface area contributed by atoms with E-state index in [4.69, 9.17) is 4.74 Å². The Kier molecular flexibility index (Phi) is 3.56. The molecule has 0 aliphatic carbocycles. The van der Waals surface area contributed by atoms with Gasteiger partial charge < -0.3 is 14.5 Å². The third kappa shape index (κ3) is 2.26. The fourth-order valence-electron chi connectivity index (χ4n) is 4.96. The maximum Gasteiger partial charge on any atom is 0.272 e. The molecule has 27 heavy (non-hydrogen) atoms. The van der Waals surface area contributed by atoms with Gasteiger partial charge in [0.05, 0.1) is 25.1 Å². The Morgan fingerprint density at radius 3 is 2.85 bits per heavy atom. The van der Waals surface area contributed by atoms with E-state index in [9.17, 15) is 9.59 Å². The molecule has 3 aliphatic heterocycles. The molecule has 0 bridgehead atoms. The molecule has 140 valence electrons. The lowest BCUT2D eigenvalue weighted by Crippen LogP contribution is -2.51. The summed E-state index contributed by atoms with van der Waals surface area (Å²) in [5.74, 6) is 0.313. The van der Waals surface area contributed by atoms with Crippen molar-refractivity contribution in [3.05, 3.63) is 42.2 Å². The lowest BCUT2D eigenvalue weighted by molar-refractivity contribution is -0.139. The zero-order valence-electron chi connectivity index (χ0n) is 15.6. The van der Waals surface area contributed by atoms with Crippen molar-refractivity contribution in [3.63, 3.8) is 0 Å². The summed E-state index contributed by atoms with van der Waals surface area (Å²) in [6.45, 7) is 5.37. The predicted octanol–water partition coefficient (Wildman–Crippen LogP) is 2.43. The van der Waals surface area contributed by atoms with E-state index in [1.165, 1.54) is 0 Å². The van der Waals surface area contributed by atoms with Crippen LogP contribution >= 0.6 is 0 Å². The number of hydrogen-bond acceptors (Lipinski definition) is 4. The average molecular weight is 365 g/mol. The van der Waals surface area contributed by atoms with E-state index in [1.807, 2.05) is 35.2 Å². The molecule has 0 saturated carbocycles. The number of carbonyl (C=O) groups is 2. The van der Waals surface area contributed by atoms with Crippen LogP contribution < -0.4 is 0 Å². The highest BCUT2D eigenvalue weighted by Gasteiger charge is 2.65. The van der Waals surface area contributed by atoms with E-state index >= 15 is 0 Å². The number of rotatable bonds is 2. The first-order chi connectivity index (χ1) is 13.0. The largest absolute Gasteiger partial charge is 0.351 e. The Morgan fingerprint density at radius 1 is 1.30 bits per heavy atom. The van der Waals surface area contributed by atoms with Crippen LogP contribution in [0.15, 0.2) is 36.5 Å². The normalized spacial score (nSPS) is 29.7. The SMILES string of the molecule is CC(C)[C@@H]1CO[C@@]23CCN(C(=O)c4cc5ccccc5cn4)[C@@H]2CC(=O)N13. The summed E-state index contributed by atoms with van der Waals surface area (Å²) in [6.07, 6.45) is 2.75. The average Bonchev–Trinajstić information content (AvgIpc) is 3.30. The smallest absolute Gasteiger partial charge is 0.272 e. The van der Waals surface area contributed by atoms with Crippen molar-refractivity contribution in [2.75, 3.05) is 13.2 Å². The van der Waals surface area contributed by atoms with Gasteiger partial charge in [0.25, 0.3) is 5.91 Å². The number of hydrogen-bond donors (Lipinski definition) is 0. The van der Waals surface area contributed by atoms with Gasteiger partial charge in [0.1, 0.15) is 5.69 Å². The fourth-order valence-corrected chi connectivity index (χ4v) is 4.96. The van der Waals surface area contributed by atoms with Crippen molar-refractivity contribution in [2.45, 2.75) is 44.5 Å². The molecule has 5 rings (SSSR count). The van der Waals surface area contributed by atoms with Crippen LogP contribution in [-0.2, 0) is 9.53 Å². The molecule has 3 saturated heterocycles. The molecule has 1 aromatic carbocycles. The number of ether oxygens (including phenoxy) is 1. The van der Waals surface area contributed by atoms with Gasteiger partial charge in [-0.2, -0.15) is 0 Å². The van der Waals surface area contributed by atoms with Crippen LogP contribution in [0, 0.1) is 5.92 Å². The van der Waals surface area contributed by atoms with Crippen LogP contribution in [0.4, 0.5) is 0 Å². The Hall–Kier alpha value is -2.47. The van der Waals surface area contributed by atoms with Gasteiger partial charge in [0.15, 0.2) is 5.72 Å². The monoisotopic (exact) mass is 365 g/mol. The molecular formula is C21H23N3O3. The van der Waals surface area contributed by atoms with E-state index in [2.05, 4.69) is 18.8 Å². The van der Waals surface area contributed by atoms with Crippen LogP contribution in [-0.4, -0.2) is 57.6 Å². The number of pyridine rings is 1. The topological polar surface area (TPSA) is 62.7 Å². The first-order valence-corrected chi connectivity index (χ1v) is 9.63. The van der Waals surface area contributed by atoms with Crippen LogP contribution in [0.25, 0.3) is 10.8 Å². The lowest BCUT2D eigenvalue weighted by Gasteiger charge is -2.34. The van der Waals surface area contributed by atoms with Crippen LogP contribution in [0.2, 0.25) is 0 Å². The second-order valence-corrected chi connectivity index (χ2v) is 8.12. The van der Waals surface area contributed by atoms with Crippen LogP contribution in [0.3, 0.4) is 0 Å². The van der Waals surface area contributed by atoms with Crippen molar-refractivity contribution in [1.82, 2.24) is 14.8 Å². The quantitative estimate of drug-likeness (QED) is 0.820. The van der Waals surface area contributed by atoms with Gasteiger partial charge in [-0.25, -0.2) is 0 Å². The van der Waals surface area contributed by atoms with Crippen molar-refractivity contribution < 1.29 is 14.3 Å². The maximum atomic E-state index is 13.2. The summed E-state index contributed by atoms with van der Waals surface area (Å²) < 4.78 is 6.21. The summed E-state index contributed by atoms with van der Waals surface area (Å²) in [5, 5.41) is 2.00. The highest BCUT2D eigenvalue weighted by Crippen LogP contribution is 2.49. The number of carbonyl (C=O) groups excluding carboxylic acids is 2. The van der Waals surface area contributed by atoms with Gasteiger partial charge >= 0.3 is 0 Å². The third-order valence-electron chi connectivity index (χ3n) is 6.37. The van der Waals surface area contributed by atoms with Gasteiger partial charge in [0.2, 0.25) is 5.91 Å². The van der Waals surface area contributed by atoms with Gasteiger partial charge in [-0.3, -0.25) is 14.6 Å². The first-order valence-electron chi connectivity index (χ1n) is 9.63. The van der Waals surface area contributed by atoms with Crippen LogP contribution in [0.1, 0.15) is 37.2 Å². The fraction of sp³-hybridized carbons (Fsp3) is 0.476. The van der Waals surface area contributed by atoms with Crippen molar-refractivity contribution in [1.29, 1.82) is 0 Å². The molecule has 1 aromatic heterocycles. The standard InChI is InChI=1S/C21H23N3O3/c1-13(2)17-12-27-21-7-8-23(18(21)10-19(25)24(17)21)20(26)16-9-14-5-3-4-6-15(14)11-22-16/h3-6,9,11,13,17-18H,7-8,10,12H2,1-2H3/t17-,18+,21-/m0/s1. The van der Waals surface area contributed by atoms with Gasteiger partial charge in [-0.1, -0.05) is 38.1 Å². The zero-order chi connectivity index (χ0) is 18.8. The molecule has 6 heteroatoms. The second kappa shape index (κ2) is 5.76. The molecule has 3 fully saturated rings. The van der Waals surface area contributed by atoms with E-state index in [-0.39, 0.29) is 23.9 Å². The summed E-state index contributed by atoms with van der Waals surface area (Å²) in [6, 6.07) is 9.57. The summed E-state index contributed by atoms with van der Waals surface area (Å²) in [7, 11) is 0. The molecule has 6 nitrogen and oxygen atoms in total. The third-order valence-corrected chi connectivity index (χ3v) is 6.37. The summed E-state index contributed by atoms with van der Waals surface area (Å²) in [5.41, 5.74) is -0.214. The predicted molar refractivity (Wildman–Crippen MR) is 100.0 cm³/mol. The molecule has 1 spiro atoms. The number of nitrogens with zero attached hydrogens (tertiary/aromatic N) is 3. The van der Waals surface area contributed by atoms with E-state index in [1.54, 1.807) is 11.1 Å². The molecule has 4 heterocycles. The molecule has 0 radical (unpaired) electrons. The minimum absolute atomic E-state index is 0.0938. The Labute approximate surface area is 158 Å². The lowest BCUT2D eigenvalue weighted by atomic mass is 10.0. The number of fused-ring (bicyclic) bond motifs is 1. The highest BCUT2D eigenvalue weighted by molar-refractivity contribution is 5.97. The zero-order valence-corrected chi connectivity index (χ0v) is 15.6. The molecule has 3 aliphatic rings. The summed E-state index contributed by atoms with van der Waals surface area (Å²) in [4.78, 5) is 34.1. The van der Waals surface area contributed by atoms with E-state index < -0.39 is 5.72 Å². The molecule has 3 atom stereocenters. The molecular weight excluding hydrogens is 342 g/mol. The molecule has 2 amide bonds. The first kappa shape index (κ1) is 16.7. The summed E-state index contributed by atoms with van der Waals surface area (Å²) >= 11 is 0. The minimum Gasteiger partial charge on any atom is -0.351 e. The number of amides is 2. The Balaban J connectivity index is 1.47. The van der Waals surface area contributed by atoms with Crippen LogP contribution in [0.5, 0.6) is 0 Å². The highest BCUT2D eigenvalue weighted by atomic mass is 16.5. The number of benzene rings is 1. The number of likely N-dealkylation sites (tertiary alicyclic amines) is 1. The second-order valence-electron chi connectivity index (χ2n) is 8.12. The van der Waals surface area contributed by atoms with E-state index in [0.29, 0.717) is 37.6 Å². The number of aromatic nitrogens is 1. The molecule has 2 aromatic rings. The van der Waals surface area contributed by atoms with Gasteiger partial charge in [0, 0.05) is 24.5 Å². The minimum atomic E-state index is -0.640.